The van der Waals surface area contributed by atoms with E-state index in [-0.39, 0.29) is 11.7 Å². The van der Waals surface area contributed by atoms with Crippen LogP contribution in [0.3, 0.4) is 0 Å². The number of nitrogens with zero attached hydrogens (tertiary/aromatic N) is 1. The van der Waals surface area contributed by atoms with Gasteiger partial charge in [-0.2, -0.15) is 5.26 Å². The molecule has 3 amide bonds. The summed E-state index contributed by atoms with van der Waals surface area (Å²) >= 11 is 0. The van der Waals surface area contributed by atoms with E-state index in [0.29, 0.717) is 35.5 Å². The molecule has 0 radical (unpaired) electrons. The third-order valence-electron chi connectivity index (χ3n) is 4.24. The van der Waals surface area contributed by atoms with Crippen LogP contribution in [0.5, 0.6) is 0 Å². The van der Waals surface area contributed by atoms with Crippen LogP contribution in [0.2, 0.25) is 0 Å². The summed E-state index contributed by atoms with van der Waals surface area (Å²) in [5, 5.41) is 17.1. The van der Waals surface area contributed by atoms with Crippen molar-refractivity contribution < 1.29 is 14.0 Å². The van der Waals surface area contributed by atoms with Crippen LogP contribution in [0.4, 0.5) is 20.6 Å². The largest absolute Gasteiger partial charge is 0.338 e. The van der Waals surface area contributed by atoms with Crippen LogP contribution in [0.1, 0.15) is 21.5 Å². The molecule has 0 spiro atoms. The number of halogens is 1. The molecule has 0 aliphatic carbocycles. The average Bonchev–Trinajstić information content (AvgIpc) is 2.75. The first-order valence-electron chi connectivity index (χ1n) is 9.24. The molecule has 3 rings (SSSR count). The Morgan fingerprint density at radius 2 is 1.60 bits per heavy atom. The minimum atomic E-state index is -0.406. The van der Waals surface area contributed by atoms with E-state index in [1.807, 2.05) is 6.07 Å². The molecule has 0 aromatic heterocycles. The maximum atomic E-state index is 12.9. The topological polar surface area (TPSA) is 94.0 Å². The molecule has 3 aromatic rings. The molecule has 7 heteroatoms. The number of anilines is 2. The SMILES string of the molecule is N#Cc1cccc(NC(=O)c2cccc(NC(=O)NCCc3ccc(F)cc3)c2)c1. The number of urea groups is 1. The Kier molecular flexibility index (Phi) is 6.74. The van der Waals surface area contributed by atoms with E-state index in [2.05, 4.69) is 16.0 Å². The van der Waals surface area contributed by atoms with Gasteiger partial charge in [0.25, 0.3) is 5.91 Å². The second-order valence-corrected chi connectivity index (χ2v) is 6.48. The molecule has 0 saturated heterocycles. The van der Waals surface area contributed by atoms with Gasteiger partial charge in [-0.05, 0) is 60.5 Å². The summed E-state index contributed by atoms with van der Waals surface area (Å²) in [6.07, 6.45) is 0.567. The van der Waals surface area contributed by atoms with Gasteiger partial charge in [-0.3, -0.25) is 4.79 Å². The van der Waals surface area contributed by atoms with Crippen molar-refractivity contribution in [1.82, 2.24) is 5.32 Å². The van der Waals surface area contributed by atoms with Gasteiger partial charge in [-0.1, -0.05) is 24.3 Å². The fourth-order valence-electron chi connectivity index (χ4n) is 2.75. The quantitative estimate of drug-likeness (QED) is 0.573. The molecule has 6 nitrogen and oxygen atoms in total. The maximum Gasteiger partial charge on any atom is 0.319 e. The highest BCUT2D eigenvalue weighted by atomic mass is 19.1. The predicted octanol–water partition coefficient (Wildman–Crippen LogP) is 4.31. The number of nitriles is 1. The molecular weight excluding hydrogens is 383 g/mol. The molecule has 0 atom stereocenters. The second kappa shape index (κ2) is 9.85. The van der Waals surface area contributed by atoms with E-state index in [9.17, 15) is 14.0 Å². The van der Waals surface area contributed by atoms with E-state index in [4.69, 9.17) is 5.26 Å². The van der Waals surface area contributed by atoms with Crippen LogP contribution in [-0.4, -0.2) is 18.5 Å². The zero-order chi connectivity index (χ0) is 21.3. The van der Waals surface area contributed by atoms with E-state index >= 15 is 0 Å². The highest BCUT2D eigenvalue weighted by Crippen LogP contribution is 2.15. The van der Waals surface area contributed by atoms with E-state index in [0.717, 1.165) is 5.56 Å². The summed E-state index contributed by atoms with van der Waals surface area (Å²) in [7, 11) is 0. The zero-order valence-corrected chi connectivity index (χ0v) is 16.0. The minimum Gasteiger partial charge on any atom is -0.338 e. The summed E-state index contributed by atoms with van der Waals surface area (Å²) in [5.41, 5.74) is 2.70. The summed E-state index contributed by atoms with van der Waals surface area (Å²) in [6, 6.07) is 20.8. The summed E-state index contributed by atoms with van der Waals surface area (Å²) in [5.74, 6) is -0.656. The lowest BCUT2D eigenvalue weighted by Gasteiger charge is -2.10. The Balaban J connectivity index is 1.53. The Morgan fingerprint density at radius 1 is 0.900 bits per heavy atom. The third-order valence-corrected chi connectivity index (χ3v) is 4.24. The van der Waals surface area contributed by atoms with E-state index in [1.54, 1.807) is 60.7 Å². The molecule has 0 aliphatic heterocycles. The number of nitrogens with one attached hydrogen (secondary N) is 3. The number of carbonyl (C=O) groups excluding carboxylic acids is 2. The number of rotatable bonds is 6. The standard InChI is InChI=1S/C23H19FN4O2/c24-19-9-7-16(8-10-19)11-12-26-23(30)28-21-6-2-4-18(14-21)22(29)27-20-5-1-3-17(13-20)15-25/h1-10,13-14H,11-12H2,(H,27,29)(H2,26,28,30). The third kappa shape index (κ3) is 5.91. The molecule has 0 saturated carbocycles. The normalized spacial score (nSPS) is 10.0. The molecule has 0 aliphatic rings. The van der Waals surface area contributed by atoms with Gasteiger partial charge in [0.1, 0.15) is 5.82 Å². The van der Waals surface area contributed by atoms with Crippen molar-refractivity contribution in [2.24, 2.45) is 0 Å². The van der Waals surface area contributed by atoms with Gasteiger partial charge < -0.3 is 16.0 Å². The smallest absolute Gasteiger partial charge is 0.319 e. The lowest BCUT2D eigenvalue weighted by atomic mass is 10.1. The fraction of sp³-hybridized carbons (Fsp3) is 0.0870. The average molecular weight is 402 g/mol. The Labute approximate surface area is 173 Å². The van der Waals surface area contributed by atoms with Crippen LogP contribution < -0.4 is 16.0 Å². The van der Waals surface area contributed by atoms with Crippen molar-refractivity contribution in [2.45, 2.75) is 6.42 Å². The lowest BCUT2D eigenvalue weighted by Crippen LogP contribution is -2.30. The number of benzene rings is 3. The van der Waals surface area contributed by atoms with Crippen molar-refractivity contribution in [3.8, 4) is 6.07 Å². The van der Waals surface area contributed by atoms with Gasteiger partial charge in [0.15, 0.2) is 0 Å². The van der Waals surface area contributed by atoms with Gasteiger partial charge in [-0.25, -0.2) is 9.18 Å². The fourth-order valence-corrected chi connectivity index (χ4v) is 2.75. The van der Waals surface area contributed by atoms with Crippen LogP contribution >= 0.6 is 0 Å². The Hall–Kier alpha value is -4.18. The molecule has 0 heterocycles. The maximum absolute atomic E-state index is 12.9. The van der Waals surface area contributed by atoms with Crippen LogP contribution in [-0.2, 0) is 6.42 Å². The molecule has 3 N–H and O–H groups in total. The molecular formula is C23H19FN4O2. The van der Waals surface area contributed by atoms with Crippen molar-refractivity contribution >= 4 is 23.3 Å². The van der Waals surface area contributed by atoms with Gasteiger partial charge in [0, 0.05) is 23.5 Å². The number of carbonyl (C=O) groups is 2. The second-order valence-electron chi connectivity index (χ2n) is 6.48. The molecule has 3 aromatic carbocycles. The first kappa shape index (κ1) is 20.6. The van der Waals surface area contributed by atoms with Gasteiger partial charge in [0.2, 0.25) is 0 Å². The van der Waals surface area contributed by atoms with E-state index in [1.165, 1.54) is 12.1 Å². The van der Waals surface area contributed by atoms with Gasteiger partial charge >= 0.3 is 6.03 Å². The van der Waals surface area contributed by atoms with Crippen LogP contribution in [0.15, 0.2) is 72.8 Å². The Bertz CT molecular complexity index is 1090. The van der Waals surface area contributed by atoms with Crippen LogP contribution in [0, 0.1) is 17.1 Å². The highest BCUT2D eigenvalue weighted by Gasteiger charge is 2.09. The van der Waals surface area contributed by atoms with Crippen molar-refractivity contribution in [1.29, 1.82) is 5.26 Å². The first-order chi connectivity index (χ1) is 14.5. The molecule has 0 bridgehead atoms. The van der Waals surface area contributed by atoms with Crippen molar-refractivity contribution in [3.05, 3.63) is 95.3 Å². The zero-order valence-electron chi connectivity index (χ0n) is 16.0. The number of amides is 3. The molecule has 0 unspecified atom stereocenters. The Morgan fingerprint density at radius 3 is 2.33 bits per heavy atom. The number of hydrogen-bond donors (Lipinski definition) is 3. The van der Waals surface area contributed by atoms with Crippen molar-refractivity contribution in [2.75, 3.05) is 17.2 Å². The number of hydrogen-bond acceptors (Lipinski definition) is 3. The lowest BCUT2D eigenvalue weighted by molar-refractivity contribution is 0.102. The monoisotopic (exact) mass is 402 g/mol. The molecule has 150 valence electrons. The predicted molar refractivity (Wildman–Crippen MR) is 113 cm³/mol. The van der Waals surface area contributed by atoms with Crippen LogP contribution in [0.25, 0.3) is 0 Å². The first-order valence-corrected chi connectivity index (χ1v) is 9.24. The van der Waals surface area contributed by atoms with Gasteiger partial charge in [-0.15, -0.1) is 0 Å². The molecule has 30 heavy (non-hydrogen) atoms. The summed E-state index contributed by atoms with van der Waals surface area (Å²) < 4.78 is 12.9. The minimum absolute atomic E-state index is 0.300. The van der Waals surface area contributed by atoms with E-state index < -0.39 is 6.03 Å². The summed E-state index contributed by atoms with van der Waals surface area (Å²) in [6.45, 7) is 0.382. The van der Waals surface area contributed by atoms with Gasteiger partial charge in [0.05, 0.1) is 11.6 Å². The van der Waals surface area contributed by atoms with Crippen molar-refractivity contribution in [3.63, 3.8) is 0 Å². The molecule has 0 fully saturated rings. The highest BCUT2D eigenvalue weighted by molar-refractivity contribution is 6.05. The summed E-state index contributed by atoms with van der Waals surface area (Å²) in [4.78, 5) is 24.5.